The van der Waals surface area contributed by atoms with Crippen molar-refractivity contribution in [2.24, 2.45) is 0 Å². The molecule has 7 aromatic rings. The molecule has 1 aliphatic carbocycles. The van der Waals surface area contributed by atoms with Crippen molar-refractivity contribution in [1.29, 1.82) is 0 Å². The zero-order valence-electron chi connectivity index (χ0n) is 25.9. The number of pyridine rings is 1. The molecule has 218 valence electrons. The summed E-state index contributed by atoms with van der Waals surface area (Å²) >= 11 is 0. The summed E-state index contributed by atoms with van der Waals surface area (Å²) in [5.74, 6) is 0. The summed E-state index contributed by atoms with van der Waals surface area (Å²) in [6, 6.07) is 52.3. The first kappa shape index (κ1) is 26.7. The van der Waals surface area contributed by atoms with Gasteiger partial charge < -0.3 is 4.90 Å². The zero-order valence-corrected chi connectivity index (χ0v) is 25.9. The number of hydrogen-bond donors (Lipinski definition) is 0. The zero-order chi connectivity index (χ0) is 30.8. The maximum atomic E-state index is 5.06. The van der Waals surface area contributed by atoms with Gasteiger partial charge in [-0.1, -0.05) is 123 Å². The Morgan fingerprint density at radius 2 is 1.20 bits per heavy atom. The maximum Gasteiger partial charge on any atom is 0.0715 e. The summed E-state index contributed by atoms with van der Waals surface area (Å²) in [6.45, 7) is 4.71. The second-order valence-electron chi connectivity index (χ2n) is 12.8. The van der Waals surface area contributed by atoms with Gasteiger partial charge in [-0.3, -0.25) is 0 Å². The molecule has 0 unspecified atom stereocenters. The number of nitrogens with zero attached hydrogens (tertiary/aromatic N) is 2. The SMILES string of the molecule is CC1(C)c2ccccc2-c2c1cc1cccc3c1c2C=CN3c1ccc(-c2cc(-c3ccccc3)nc(-c3ccccc3)c2)cc1. The van der Waals surface area contributed by atoms with Gasteiger partial charge in [-0.05, 0) is 86.8 Å². The van der Waals surface area contributed by atoms with Gasteiger partial charge in [0.15, 0.2) is 0 Å². The number of hydrogen-bond acceptors (Lipinski definition) is 2. The van der Waals surface area contributed by atoms with E-state index in [1.54, 1.807) is 0 Å². The minimum Gasteiger partial charge on any atom is -0.317 e. The summed E-state index contributed by atoms with van der Waals surface area (Å²) in [4.78, 5) is 7.39. The summed E-state index contributed by atoms with van der Waals surface area (Å²) in [7, 11) is 0. The van der Waals surface area contributed by atoms with Crippen LogP contribution in [0.25, 0.3) is 61.6 Å². The van der Waals surface area contributed by atoms with E-state index >= 15 is 0 Å². The van der Waals surface area contributed by atoms with Gasteiger partial charge in [0, 0.05) is 33.8 Å². The molecular formula is C44H32N2. The second kappa shape index (κ2) is 10.2. The van der Waals surface area contributed by atoms with E-state index in [4.69, 9.17) is 4.98 Å². The number of fused-ring (bicyclic) bond motifs is 4. The quantitative estimate of drug-likeness (QED) is 0.203. The Kier molecular flexibility index (Phi) is 5.88. The van der Waals surface area contributed by atoms with Crippen molar-refractivity contribution in [2.45, 2.75) is 19.3 Å². The van der Waals surface area contributed by atoms with Gasteiger partial charge in [-0.25, -0.2) is 4.98 Å². The van der Waals surface area contributed by atoms with Gasteiger partial charge in [0.1, 0.15) is 0 Å². The van der Waals surface area contributed by atoms with Crippen molar-refractivity contribution >= 4 is 28.2 Å². The molecule has 0 radical (unpaired) electrons. The first-order valence-corrected chi connectivity index (χ1v) is 16.0. The highest BCUT2D eigenvalue weighted by molar-refractivity contribution is 6.10. The molecule has 1 aliphatic heterocycles. The third kappa shape index (κ3) is 4.07. The van der Waals surface area contributed by atoms with E-state index in [0.29, 0.717) is 0 Å². The van der Waals surface area contributed by atoms with E-state index in [1.165, 1.54) is 44.3 Å². The van der Waals surface area contributed by atoms with Crippen molar-refractivity contribution in [2.75, 3.05) is 4.90 Å². The second-order valence-corrected chi connectivity index (χ2v) is 12.8. The van der Waals surface area contributed by atoms with E-state index in [-0.39, 0.29) is 5.41 Å². The molecule has 2 nitrogen and oxygen atoms in total. The van der Waals surface area contributed by atoms with Crippen molar-refractivity contribution in [1.82, 2.24) is 4.98 Å². The largest absolute Gasteiger partial charge is 0.317 e. The van der Waals surface area contributed by atoms with Gasteiger partial charge in [0.2, 0.25) is 0 Å². The average molecular weight is 589 g/mol. The molecule has 0 spiro atoms. The first-order chi connectivity index (χ1) is 22.6. The van der Waals surface area contributed by atoms with Crippen LogP contribution in [0.4, 0.5) is 11.4 Å². The molecule has 2 heterocycles. The van der Waals surface area contributed by atoms with E-state index in [1.807, 2.05) is 12.1 Å². The fourth-order valence-electron chi connectivity index (χ4n) is 7.49. The Labute approximate surface area is 270 Å². The van der Waals surface area contributed by atoms with Crippen molar-refractivity contribution in [3.05, 3.63) is 168 Å². The van der Waals surface area contributed by atoms with Crippen LogP contribution in [0, 0.1) is 0 Å². The minimum atomic E-state index is -0.0266. The Morgan fingerprint density at radius 1 is 0.543 bits per heavy atom. The topological polar surface area (TPSA) is 16.1 Å². The maximum absolute atomic E-state index is 5.06. The predicted molar refractivity (Wildman–Crippen MR) is 193 cm³/mol. The van der Waals surface area contributed by atoms with Crippen LogP contribution in [0.15, 0.2) is 152 Å². The van der Waals surface area contributed by atoms with Crippen molar-refractivity contribution in [3.63, 3.8) is 0 Å². The summed E-state index contributed by atoms with van der Waals surface area (Å²) < 4.78 is 0. The molecule has 6 aromatic carbocycles. The highest BCUT2D eigenvalue weighted by atomic mass is 15.1. The van der Waals surface area contributed by atoms with Crippen LogP contribution >= 0.6 is 0 Å². The molecule has 0 N–H and O–H groups in total. The highest BCUT2D eigenvalue weighted by Crippen LogP contribution is 2.54. The Bertz CT molecular complexity index is 2260. The number of anilines is 2. The monoisotopic (exact) mass is 588 g/mol. The van der Waals surface area contributed by atoms with Crippen LogP contribution in [0.5, 0.6) is 0 Å². The van der Waals surface area contributed by atoms with Gasteiger partial charge in [-0.15, -0.1) is 0 Å². The van der Waals surface area contributed by atoms with E-state index in [9.17, 15) is 0 Å². The molecular weight excluding hydrogens is 556 g/mol. The Balaban J connectivity index is 1.13. The number of aromatic nitrogens is 1. The molecule has 0 saturated heterocycles. The summed E-state index contributed by atoms with van der Waals surface area (Å²) in [5, 5.41) is 2.60. The van der Waals surface area contributed by atoms with Crippen molar-refractivity contribution in [3.8, 4) is 44.8 Å². The molecule has 2 heteroatoms. The Morgan fingerprint density at radius 3 is 1.89 bits per heavy atom. The lowest BCUT2D eigenvalue weighted by Gasteiger charge is -2.29. The highest BCUT2D eigenvalue weighted by Gasteiger charge is 2.38. The molecule has 0 bridgehead atoms. The molecule has 0 saturated carbocycles. The molecule has 2 aliphatic rings. The van der Waals surface area contributed by atoms with Gasteiger partial charge in [0.25, 0.3) is 0 Å². The van der Waals surface area contributed by atoms with E-state index < -0.39 is 0 Å². The lowest BCUT2D eigenvalue weighted by molar-refractivity contribution is 0.661. The van der Waals surface area contributed by atoms with Gasteiger partial charge in [-0.2, -0.15) is 0 Å². The molecule has 0 fully saturated rings. The van der Waals surface area contributed by atoms with Crippen LogP contribution in [0.2, 0.25) is 0 Å². The molecule has 0 atom stereocenters. The molecule has 1 aromatic heterocycles. The van der Waals surface area contributed by atoms with Crippen molar-refractivity contribution < 1.29 is 0 Å². The number of benzene rings is 6. The van der Waals surface area contributed by atoms with E-state index in [0.717, 1.165) is 39.3 Å². The predicted octanol–water partition coefficient (Wildman–Crippen LogP) is 11.7. The fraction of sp³-hybridized carbons (Fsp3) is 0.0682. The first-order valence-electron chi connectivity index (χ1n) is 16.0. The van der Waals surface area contributed by atoms with E-state index in [2.05, 4.69) is 164 Å². The van der Waals surface area contributed by atoms with Crippen LogP contribution in [-0.2, 0) is 5.41 Å². The van der Waals surface area contributed by atoms with Crippen LogP contribution in [-0.4, -0.2) is 4.98 Å². The third-order valence-electron chi connectivity index (χ3n) is 9.82. The van der Waals surface area contributed by atoms with Crippen LogP contribution in [0.3, 0.4) is 0 Å². The van der Waals surface area contributed by atoms with Crippen LogP contribution in [0.1, 0.15) is 30.5 Å². The average Bonchev–Trinajstić information content (AvgIpc) is 3.35. The fourth-order valence-corrected chi connectivity index (χ4v) is 7.49. The lowest BCUT2D eigenvalue weighted by Crippen LogP contribution is -2.16. The molecule has 46 heavy (non-hydrogen) atoms. The Hall–Kier alpha value is -5.73. The lowest BCUT2D eigenvalue weighted by atomic mass is 9.81. The van der Waals surface area contributed by atoms with Crippen LogP contribution < -0.4 is 4.90 Å². The van der Waals surface area contributed by atoms with Gasteiger partial charge in [0.05, 0.1) is 17.1 Å². The standard InChI is InChI=1S/C44H32N2/c1-44(2)37-18-10-9-17-35(37)43-36-24-25-46(41-19-11-16-32(42(36)41)26-38(43)44)34-22-20-29(21-23-34)33-27-39(30-12-5-3-6-13-30)45-40(28-33)31-14-7-4-8-15-31/h3-28H,1-2H3. The normalized spacial score (nSPS) is 13.9. The minimum absolute atomic E-state index is 0.0266. The summed E-state index contributed by atoms with van der Waals surface area (Å²) in [5.41, 5.74) is 15.7. The molecule has 0 amide bonds. The molecule has 9 rings (SSSR count). The number of rotatable bonds is 4. The summed E-state index contributed by atoms with van der Waals surface area (Å²) in [6.07, 6.45) is 4.56. The smallest absolute Gasteiger partial charge is 0.0715 e. The third-order valence-corrected chi connectivity index (χ3v) is 9.82. The van der Waals surface area contributed by atoms with Gasteiger partial charge >= 0.3 is 0 Å².